The summed E-state index contributed by atoms with van der Waals surface area (Å²) in [5.74, 6) is 0.310. The molecule has 26 heavy (non-hydrogen) atoms. The molecular formula is C21H17N3O2. The molecule has 4 rings (SSSR count). The summed E-state index contributed by atoms with van der Waals surface area (Å²) in [5, 5.41) is 3.32. The number of methoxy groups -OCH3 is 1. The first-order valence-electron chi connectivity index (χ1n) is 8.24. The zero-order valence-electron chi connectivity index (χ0n) is 14.2. The van der Waals surface area contributed by atoms with E-state index >= 15 is 0 Å². The van der Waals surface area contributed by atoms with Gasteiger partial charge in [0.15, 0.2) is 0 Å². The van der Waals surface area contributed by atoms with Gasteiger partial charge in [-0.3, -0.25) is 4.57 Å². The van der Waals surface area contributed by atoms with E-state index in [2.05, 4.69) is 9.88 Å². The summed E-state index contributed by atoms with van der Waals surface area (Å²) in [6.07, 6.45) is 0. The highest BCUT2D eigenvalue weighted by Crippen LogP contribution is 2.27. The van der Waals surface area contributed by atoms with Crippen LogP contribution in [0, 0.1) is 0 Å². The highest BCUT2D eigenvalue weighted by molar-refractivity contribution is 5.91. The Labute approximate surface area is 150 Å². The van der Waals surface area contributed by atoms with Crippen molar-refractivity contribution < 1.29 is 9.53 Å². The fraction of sp³-hybridized carbons (Fsp3) is 0.0476. The van der Waals surface area contributed by atoms with Crippen LogP contribution in [-0.4, -0.2) is 22.6 Å². The third-order valence-corrected chi connectivity index (χ3v) is 4.11. The Balaban J connectivity index is 1.81. The molecule has 0 aliphatic carbocycles. The van der Waals surface area contributed by atoms with Crippen LogP contribution in [0.2, 0.25) is 0 Å². The number of esters is 1. The van der Waals surface area contributed by atoms with Crippen molar-refractivity contribution in [1.82, 2.24) is 9.55 Å². The second-order valence-electron chi connectivity index (χ2n) is 5.79. The summed E-state index contributed by atoms with van der Waals surface area (Å²) in [5.41, 5.74) is 4.15. The van der Waals surface area contributed by atoms with Crippen LogP contribution in [0.15, 0.2) is 78.9 Å². The quantitative estimate of drug-likeness (QED) is 0.552. The van der Waals surface area contributed by atoms with Crippen molar-refractivity contribution in [3.63, 3.8) is 0 Å². The molecule has 0 atom stereocenters. The van der Waals surface area contributed by atoms with Crippen LogP contribution in [0.3, 0.4) is 0 Å². The monoisotopic (exact) mass is 343 g/mol. The number of hydrogen-bond donors (Lipinski definition) is 1. The second kappa shape index (κ2) is 6.72. The smallest absolute Gasteiger partial charge is 0.337 e. The summed E-state index contributed by atoms with van der Waals surface area (Å²) in [4.78, 5) is 16.5. The molecule has 3 aromatic carbocycles. The van der Waals surface area contributed by atoms with Crippen LogP contribution in [0.25, 0.3) is 16.7 Å². The van der Waals surface area contributed by atoms with Crippen molar-refractivity contribution in [3.8, 4) is 5.69 Å². The molecule has 4 aromatic rings. The van der Waals surface area contributed by atoms with Crippen LogP contribution < -0.4 is 5.32 Å². The van der Waals surface area contributed by atoms with Crippen LogP contribution in [-0.2, 0) is 4.74 Å². The minimum absolute atomic E-state index is 0.370. The van der Waals surface area contributed by atoms with Gasteiger partial charge in [0.2, 0.25) is 5.95 Å². The fourth-order valence-corrected chi connectivity index (χ4v) is 2.92. The number of carbonyl (C=O) groups is 1. The number of ether oxygens (including phenoxy) is 1. The molecule has 0 radical (unpaired) electrons. The van der Waals surface area contributed by atoms with E-state index in [4.69, 9.17) is 9.72 Å². The van der Waals surface area contributed by atoms with Crippen molar-refractivity contribution in [2.24, 2.45) is 0 Å². The number of anilines is 2. The maximum atomic E-state index is 11.8. The Morgan fingerprint density at radius 2 is 1.73 bits per heavy atom. The summed E-state index contributed by atoms with van der Waals surface area (Å²) in [6.45, 7) is 0. The van der Waals surface area contributed by atoms with Gasteiger partial charge in [-0.25, -0.2) is 9.78 Å². The lowest BCUT2D eigenvalue weighted by atomic mass is 10.2. The first kappa shape index (κ1) is 15.9. The van der Waals surface area contributed by atoms with Crippen LogP contribution in [0.1, 0.15) is 10.4 Å². The molecule has 0 unspecified atom stereocenters. The molecule has 0 amide bonds. The lowest BCUT2D eigenvalue weighted by molar-refractivity contribution is 0.0601. The topological polar surface area (TPSA) is 56.1 Å². The largest absolute Gasteiger partial charge is 0.465 e. The molecule has 128 valence electrons. The van der Waals surface area contributed by atoms with Gasteiger partial charge in [0.1, 0.15) is 0 Å². The van der Waals surface area contributed by atoms with Crippen molar-refractivity contribution >= 4 is 28.6 Å². The van der Waals surface area contributed by atoms with Gasteiger partial charge in [-0.1, -0.05) is 36.4 Å². The average molecular weight is 343 g/mol. The van der Waals surface area contributed by atoms with Gasteiger partial charge in [0, 0.05) is 11.4 Å². The van der Waals surface area contributed by atoms with Crippen LogP contribution in [0.4, 0.5) is 11.6 Å². The zero-order chi connectivity index (χ0) is 17.9. The number of imidazole rings is 1. The highest BCUT2D eigenvalue weighted by atomic mass is 16.5. The Morgan fingerprint density at radius 1 is 0.962 bits per heavy atom. The van der Waals surface area contributed by atoms with Crippen molar-refractivity contribution in [2.45, 2.75) is 0 Å². The predicted octanol–water partition coefficient (Wildman–Crippen LogP) is 4.56. The Bertz CT molecular complexity index is 1070. The number of benzene rings is 3. The van der Waals surface area contributed by atoms with E-state index in [0.29, 0.717) is 11.5 Å². The third kappa shape index (κ3) is 2.91. The fourth-order valence-electron chi connectivity index (χ4n) is 2.92. The minimum atomic E-state index is -0.370. The standard InChI is InChI=1S/C21H17N3O2/c1-26-20(25)15-8-7-9-16(14-15)22-21-23-18-12-5-6-13-19(18)24(21)17-10-3-2-4-11-17/h2-14H,1H3,(H,22,23). The van der Waals surface area contributed by atoms with Crippen molar-refractivity contribution in [2.75, 3.05) is 12.4 Å². The van der Waals surface area contributed by atoms with Gasteiger partial charge in [-0.2, -0.15) is 0 Å². The van der Waals surface area contributed by atoms with Gasteiger partial charge >= 0.3 is 5.97 Å². The van der Waals surface area contributed by atoms with Gasteiger partial charge in [-0.15, -0.1) is 0 Å². The first-order chi connectivity index (χ1) is 12.8. The molecule has 0 bridgehead atoms. The van der Waals surface area contributed by atoms with Gasteiger partial charge in [0.25, 0.3) is 0 Å². The van der Waals surface area contributed by atoms with E-state index in [1.165, 1.54) is 7.11 Å². The molecule has 1 aromatic heterocycles. The van der Waals surface area contributed by atoms with E-state index in [1.807, 2.05) is 66.7 Å². The van der Waals surface area contributed by atoms with E-state index in [1.54, 1.807) is 12.1 Å². The summed E-state index contributed by atoms with van der Waals surface area (Å²) in [7, 11) is 1.37. The molecule has 1 N–H and O–H groups in total. The van der Waals surface area contributed by atoms with Crippen LogP contribution in [0.5, 0.6) is 0 Å². The number of rotatable bonds is 4. The second-order valence-corrected chi connectivity index (χ2v) is 5.79. The van der Waals surface area contributed by atoms with E-state index < -0.39 is 0 Å². The van der Waals surface area contributed by atoms with Gasteiger partial charge < -0.3 is 10.1 Å². The van der Waals surface area contributed by atoms with Crippen LogP contribution >= 0.6 is 0 Å². The molecule has 0 aliphatic rings. The molecule has 0 spiro atoms. The highest BCUT2D eigenvalue weighted by Gasteiger charge is 2.13. The average Bonchev–Trinajstić information content (AvgIpc) is 3.06. The molecule has 1 heterocycles. The first-order valence-corrected chi connectivity index (χ1v) is 8.24. The third-order valence-electron chi connectivity index (χ3n) is 4.11. The molecule has 0 fully saturated rings. The molecule has 0 saturated carbocycles. The summed E-state index contributed by atoms with van der Waals surface area (Å²) < 4.78 is 6.85. The maximum Gasteiger partial charge on any atom is 0.337 e. The van der Waals surface area contributed by atoms with E-state index in [9.17, 15) is 4.79 Å². The number of hydrogen-bond acceptors (Lipinski definition) is 4. The minimum Gasteiger partial charge on any atom is -0.465 e. The van der Waals surface area contributed by atoms with Gasteiger partial charge in [-0.05, 0) is 42.5 Å². The summed E-state index contributed by atoms with van der Waals surface area (Å²) in [6, 6.07) is 25.2. The molecule has 5 nitrogen and oxygen atoms in total. The lowest BCUT2D eigenvalue weighted by Gasteiger charge is -2.11. The number of fused-ring (bicyclic) bond motifs is 1. The molecule has 0 saturated heterocycles. The van der Waals surface area contributed by atoms with Gasteiger partial charge in [0.05, 0.1) is 23.7 Å². The lowest BCUT2D eigenvalue weighted by Crippen LogP contribution is -2.04. The zero-order valence-corrected chi connectivity index (χ0v) is 14.2. The number of carbonyl (C=O) groups excluding carboxylic acids is 1. The normalized spacial score (nSPS) is 10.7. The number of aromatic nitrogens is 2. The molecular weight excluding hydrogens is 326 g/mol. The predicted molar refractivity (Wildman–Crippen MR) is 102 cm³/mol. The number of nitrogens with one attached hydrogen (secondary N) is 1. The Kier molecular flexibility index (Phi) is 4.11. The SMILES string of the molecule is COC(=O)c1cccc(Nc2nc3ccccc3n2-c2ccccc2)c1. The number of nitrogens with zero attached hydrogens (tertiary/aromatic N) is 2. The molecule has 0 aliphatic heterocycles. The van der Waals surface area contributed by atoms with E-state index in [0.717, 1.165) is 22.4 Å². The maximum absolute atomic E-state index is 11.8. The summed E-state index contributed by atoms with van der Waals surface area (Å²) >= 11 is 0. The van der Waals surface area contributed by atoms with E-state index in [-0.39, 0.29) is 5.97 Å². The number of para-hydroxylation sites is 3. The Morgan fingerprint density at radius 3 is 2.54 bits per heavy atom. The van der Waals surface area contributed by atoms with Crippen molar-refractivity contribution in [3.05, 3.63) is 84.4 Å². The Hall–Kier alpha value is -3.60. The van der Waals surface area contributed by atoms with Crippen molar-refractivity contribution in [1.29, 1.82) is 0 Å². The molecule has 5 heteroatoms.